The van der Waals surface area contributed by atoms with Crippen LogP contribution in [0.5, 0.6) is 0 Å². The smallest absolute Gasteiger partial charge is 0.0462 e. The largest absolute Gasteiger partial charge is 0.309 e. The lowest BCUT2D eigenvalue weighted by atomic mass is 10.2. The second-order valence-corrected chi connectivity index (χ2v) is 5.14. The Bertz CT molecular complexity index is 304. The summed E-state index contributed by atoms with van der Waals surface area (Å²) in [6, 6.07) is 6.40. The van der Waals surface area contributed by atoms with E-state index in [1.165, 1.54) is 0 Å². The van der Waals surface area contributed by atoms with Crippen molar-refractivity contribution in [3.63, 3.8) is 0 Å². The Labute approximate surface area is 106 Å². The van der Waals surface area contributed by atoms with E-state index in [9.17, 15) is 0 Å². The monoisotopic (exact) mass is 339 g/mol. The SMILES string of the molecule is CC(CBr)NCc1ccc(Br)cc1Cl. The third-order valence-electron chi connectivity index (χ3n) is 1.89. The molecule has 1 aromatic carbocycles. The molecule has 0 aliphatic heterocycles. The molecule has 0 bridgehead atoms. The summed E-state index contributed by atoms with van der Waals surface area (Å²) in [6.07, 6.45) is 0. The lowest BCUT2D eigenvalue weighted by molar-refractivity contribution is 0.598. The van der Waals surface area contributed by atoms with Crippen LogP contribution < -0.4 is 5.32 Å². The number of nitrogens with one attached hydrogen (secondary N) is 1. The van der Waals surface area contributed by atoms with Crippen molar-refractivity contribution in [3.8, 4) is 0 Å². The summed E-state index contributed by atoms with van der Waals surface area (Å²) in [4.78, 5) is 0. The molecule has 0 amide bonds. The van der Waals surface area contributed by atoms with Crippen molar-refractivity contribution in [2.45, 2.75) is 19.5 Å². The van der Waals surface area contributed by atoms with E-state index >= 15 is 0 Å². The average Bonchev–Trinajstić information content (AvgIpc) is 2.16. The molecular formula is C10H12Br2ClN. The molecule has 1 rings (SSSR count). The lowest BCUT2D eigenvalue weighted by Gasteiger charge is -2.11. The quantitative estimate of drug-likeness (QED) is 0.817. The van der Waals surface area contributed by atoms with Crippen molar-refractivity contribution in [3.05, 3.63) is 33.3 Å². The highest BCUT2D eigenvalue weighted by atomic mass is 79.9. The van der Waals surface area contributed by atoms with Crippen LogP contribution in [0, 0.1) is 0 Å². The van der Waals surface area contributed by atoms with Crippen molar-refractivity contribution in [2.24, 2.45) is 0 Å². The number of alkyl halides is 1. The second kappa shape index (κ2) is 6.11. The van der Waals surface area contributed by atoms with Crippen LogP contribution in [0.25, 0.3) is 0 Å². The number of rotatable bonds is 4. The molecule has 0 aliphatic rings. The van der Waals surface area contributed by atoms with Crippen LogP contribution in [0.3, 0.4) is 0 Å². The number of hydrogen-bond acceptors (Lipinski definition) is 1. The van der Waals surface area contributed by atoms with Crippen LogP contribution in [-0.2, 0) is 6.54 Å². The van der Waals surface area contributed by atoms with Gasteiger partial charge in [-0.25, -0.2) is 0 Å². The maximum Gasteiger partial charge on any atom is 0.0462 e. The highest BCUT2D eigenvalue weighted by Crippen LogP contribution is 2.21. The Morgan fingerprint density at radius 3 is 2.79 bits per heavy atom. The summed E-state index contributed by atoms with van der Waals surface area (Å²) in [7, 11) is 0. The molecule has 0 aliphatic carbocycles. The van der Waals surface area contributed by atoms with Gasteiger partial charge in [-0.3, -0.25) is 0 Å². The van der Waals surface area contributed by atoms with Gasteiger partial charge in [-0.15, -0.1) is 0 Å². The van der Waals surface area contributed by atoms with Gasteiger partial charge in [0.05, 0.1) is 0 Å². The first kappa shape index (κ1) is 12.5. The molecule has 14 heavy (non-hydrogen) atoms. The maximum absolute atomic E-state index is 6.07. The predicted octanol–water partition coefficient (Wildman–Crippen LogP) is 3.98. The molecule has 0 aromatic heterocycles. The molecule has 0 heterocycles. The average molecular weight is 341 g/mol. The minimum atomic E-state index is 0.453. The van der Waals surface area contributed by atoms with Gasteiger partial charge in [-0.1, -0.05) is 49.5 Å². The Balaban J connectivity index is 2.59. The van der Waals surface area contributed by atoms with Crippen molar-refractivity contribution in [1.29, 1.82) is 0 Å². The Morgan fingerprint density at radius 1 is 1.50 bits per heavy atom. The van der Waals surface area contributed by atoms with E-state index in [-0.39, 0.29) is 0 Å². The fraction of sp³-hybridized carbons (Fsp3) is 0.400. The van der Waals surface area contributed by atoms with Crippen LogP contribution in [0.1, 0.15) is 12.5 Å². The van der Waals surface area contributed by atoms with Gasteiger partial charge in [-0.2, -0.15) is 0 Å². The van der Waals surface area contributed by atoms with Gasteiger partial charge < -0.3 is 5.32 Å². The minimum Gasteiger partial charge on any atom is -0.309 e. The molecule has 4 heteroatoms. The molecule has 1 atom stereocenters. The number of benzene rings is 1. The summed E-state index contributed by atoms with van der Waals surface area (Å²) in [5.41, 5.74) is 1.13. The number of hydrogen-bond donors (Lipinski definition) is 1. The molecule has 0 saturated heterocycles. The van der Waals surface area contributed by atoms with Gasteiger partial charge in [0.25, 0.3) is 0 Å². The Kier molecular flexibility index (Phi) is 5.45. The third-order valence-corrected chi connectivity index (χ3v) is 3.70. The second-order valence-electron chi connectivity index (χ2n) is 3.17. The zero-order chi connectivity index (χ0) is 10.6. The van der Waals surface area contributed by atoms with Gasteiger partial charge in [0.1, 0.15) is 0 Å². The van der Waals surface area contributed by atoms with Crippen LogP contribution in [0.2, 0.25) is 5.02 Å². The zero-order valence-electron chi connectivity index (χ0n) is 7.86. The molecule has 1 N–H and O–H groups in total. The Morgan fingerprint density at radius 2 is 2.21 bits per heavy atom. The highest BCUT2D eigenvalue weighted by Gasteiger charge is 2.03. The van der Waals surface area contributed by atoms with Crippen LogP contribution in [-0.4, -0.2) is 11.4 Å². The normalized spacial score (nSPS) is 12.9. The Hall–Kier alpha value is 0.430. The fourth-order valence-electron chi connectivity index (χ4n) is 1.00. The van der Waals surface area contributed by atoms with Crippen LogP contribution in [0.15, 0.2) is 22.7 Å². The van der Waals surface area contributed by atoms with Crippen molar-refractivity contribution >= 4 is 43.5 Å². The molecule has 1 nitrogen and oxygen atoms in total. The molecular weight excluding hydrogens is 329 g/mol. The summed E-state index contributed by atoms with van der Waals surface area (Å²) >= 11 is 12.9. The van der Waals surface area contributed by atoms with Gasteiger partial charge in [-0.05, 0) is 24.6 Å². The van der Waals surface area contributed by atoms with Gasteiger partial charge in [0, 0.05) is 27.4 Å². The van der Waals surface area contributed by atoms with Crippen molar-refractivity contribution < 1.29 is 0 Å². The first-order chi connectivity index (χ1) is 6.63. The molecule has 1 unspecified atom stereocenters. The predicted molar refractivity (Wildman–Crippen MR) is 69.2 cm³/mol. The summed E-state index contributed by atoms with van der Waals surface area (Å²) in [6.45, 7) is 2.93. The molecule has 0 radical (unpaired) electrons. The summed E-state index contributed by atoms with van der Waals surface area (Å²) < 4.78 is 1.01. The van der Waals surface area contributed by atoms with E-state index in [1.807, 2.05) is 18.2 Å². The first-order valence-corrected chi connectivity index (χ1v) is 6.66. The van der Waals surface area contributed by atoms with E-state index in [0.717, 1.165) is 26.9 Å². The van der Waals surface area contributed by atoms with Crippen LogP contribution >= 0.6 is 43.5 Å². The number of halogens is 3. The van der Waals surface area contributed by atoms with Crippen molar-refractivity contribution in [1.82, 2.24) is 5.32 Å². The lowest BCUT2D eigenvalue weighted by Crippen LogP contribution is -2.26. The third kappa shape index (κ3) is 3.89. The molecule has 0 saturated carbocycles. The first-order valence-electron chi connectivity index (χ1n) is 4.36. The van der Waals surface area contributed by atoms with Gasteiger partial charge in [0.15, 0.2) is 0 Å². The van der Waals surface area contributed by atoms with Crippen molar-refractivity contribution in [2.75, 3.05) is 5.33 Å². The molecule has 1 aromatic rings. The van der Waals surface area contributed by atoms with Crippen LogP contribution in [0.4, 0.5) is 0 Å². The standard InChI is InChI=1S/C10H12Br2ClN/c1-7(5-11)14-6-8-2-3-9(12)4-10(8)13/h2-4,7,14H,5-6H2,1H3. The maximum atomic E-state index is 6.07. The van der Waals surface area contributed by atoms with Gasteiger partial charge >= 0.3 is 0 Å². The van der Waals surface area contributed by atoms with E-state index in [0.29, 0.717) is 6.04 Å². The van der Waals surface area contributed by atoms with E-state index in [1.54, 1.807) is 0 Å². The molecule has 0 spiro atoms. The molecule has 78 valence electrons. The summed E-state index contributed by atoms with van der Waals surface area (Å²) in [5.74, 6) is 0. The topological polar surface area (TPSA) is 12.0 Å². The fourth-order valence-corrected chi connectivity index (χ4v) is 1.97. The van der Waals surface area contributed by atoms with Gasteiger partial charge in [0.2, 0.25) is 0 Å². The molecule has 0 fully saturated rings. The van der Waals surface area contributed by atoms with E-state index in [4.69, 9.17) is 11.6 Å². The zero-order valence-corrected chi connectivity index (χ0v) is 11.8. The van der Waals surface area contributed by atoms with E-state index in [2.05, 4.69) is 44.1 Å². The highest BCUT2D eigenvalue weighted by molar-refractivity contribution is 9.10. The minimum absolute atomic E-state index is 0.453. The van der Waals surface area contributed by atoms with E-state index < -0.39 is 0 Å². The summed E-state index contributed by atoms with van der Waals surface area (Å²) in [5, 5.41) is 5.11.